The predicted molar refractivity (Wildman–Crippen MR) is 95.7 cm³/mol. The van der Waals surface area contributed by atoms with E-state index in [4.69, 9.17) is 9.98 Å². The molecule has 1 saturated carbocycles. The van der Waals surface area contributed by atoms with Gasteiger partial charge in [-0.2, -0.15) is 0 Å². The average molecular weight is 293 g/mol. The van der Waals surface area contributed by atoms with Crippen molar-refractivity contribution in [3.63, 3.8) is 0 Å². The van der Waals surface area contributed by atoms with Gasteiger partial charge in [0.05, 0.1) is 12.1 Å². The zero-order chi connectivity index (χ0) is 16.4. The number of aliphatic imine (C=N–C) groups is 2. The Labute approximate surface area is 132 Å². The molecule has 0 radical (unpaired) electrons. The monoisotopic (exact) mass is 292 g/mol. The minimum atomic E-state index is 0.178. The highest BCUT2D eigenvalue weighted by Gasteiger charge is 2.31. The van der Waals surface area contributed by atoms with Gasteiger partial charge in [0, 0.05) is 17.3 Å². The number of nitrogens with zero attached hydrogens (tertiary/aromatic N) is 2. The lowest BCUT2D eigenvalue weighted by atomic mass is 9.80. The molecule has 0 N–H and O–H groups in total. The Hall–Kier alpha value is -0.660. The lowest BCUT2D eigenvalue weighted by molar-refractivity contribution is 0.287. The summed E-state index contributed by atoms with van der Waals surface area (Å²) in [5.74, 6) is 0.549. The summed E-state index contributed by atoms with van der Waals surface area (Å²) in [6, 6.07) is 0.888. The molecule has 0 heterocycles. The maximum atomic E-state index is 5.06. The van der Waals surface area contributed by atoms with E-state index in [0.29, 0.717) is 18.0 Å². The summed E-state index contributed by atoms with van der Waals surface area (Å²) in [6.07, 6.45) is 3.69. The van der Waals surface area contributed by atoms with E-state index in [0.717, 1.165) is 0 Å². The Kier molecular flexibility index (Phi) is 5.80. The third kappa shape index (κ3) is 5.23. The third-order valence-electron chi connectivity index (χ3n) is 5.10. The van der Waals surface area contributed by atoms with E-state index in [1.165, 1.54) is 30.7 Å². The van der Waals surface area contributed by atoms with E-state index in [2.05, 4.69) is 62.3 Å². The highest BCUT2D eigenvalue weighted by atomic mass is 14.9. The second-order valence-electron chi connectivity index (χ2n) is 8.85. The maximum absolute atomic E-state index is 5.06. The van der Waals surface area contributed by atoms with Crippen LogP contribution in [0.4, 0.5) is 0 Å². The van der Waals surface area contributed by atoms with Crippen molar-refractivity contribution in [3.05, 3.63) is 0 Å². The molecule has 2 unspecified atom stereocenters. The molecule has 1 rings (SSSR count). The van der Waals surface area contributed by atoms with Gasteiger partial charge in [0.2, 0.25) is 0 Å². The topological polar surface area (TPSA) is 24.7 Å². The van der Waals surface area contributed by atoms with Gasteiger partial charge in [-0.3, -0.25) is 9.98 Å². The molecule has 0 aliphatic heterocycles. The van der Waals surface area contributed by atoms with E-state index in [-0.39, 0.29) is 10.8 Å². The quantitative estimate of drug-likeness (QED) is 0.595. The van der Waals surface area contributed by atoms with Crippen molar-refractivity contribution in [3.8, 4) is 0 Å². The molecule has 1 aliphatic rings. The van der Waals surface area contributed by atoms with E-state index >= 15 is 0 Å². The van der Waals surface area contributed by atoms with E-state index in [1.54, 1.807) is 0 Å². The van der Waals surface area contributed by atoms with Gasteiger partial charge in [0.25, 0.3) is 0 Å². The first-order valence-corrected chi connectivity index (χ1v) is 8.52. The fourth-order valence-electron chi connectivity index (χ4n) is 2.57. The number of rotatable bonds is 2. The molecule has 0 saturated heterocycles. The van der Waals surface area contributed by atoms with Crippen LogP contribution >= 0.6 is 0 Å². The molecule has 0 bridgehead atoms. The van der Waals surface area contributed by atoms with Gasteiger partial charge in [-0.05, 0) is 43.9 Å². The summed E-state index contributed by atoms with van der Waals surface area (Å²) in [6.45, 7) is 20.2. The molecule has 0 spiro atoms. The molecule has 21 heavy (non-hydrogen) atoms. The number of hydrogen-bond acceptors (Lipinski definition) is 2. The van der Waals surface area contributed by atoms with Crippen molar-refractivity contribution < 1.29 is 0 Å². The van der Waals surface area contributed by atoms with Crippen LogP contribution in [0, 0.1) is 16.7 Å². The molecule has 2 heteroatoms. The largest absolute Gasteiger partial charge is 0.290 e. The normalized spacial score (nSPS) is 29.7. The van der Waals surface area contributed by atoms with Crippen LogP contribution in [0.15, 0.2) is 9.98 Å². The van der Waals surface area contributed by atoms with Gasteiger partial charge in [-0.1, -0.05) is 48.5 Å². The van der Waals surface area contributed by atoms with Crippen molar-refractivity contribution in [1.82, 2.24) is 0 Å². The van der Waals surface area contributed by atoms with Gasteiger partial charge in [0.15, 0.2) is 0 Å². The van der Waals surface area contributed by atoms with Gasteiger partial charge < -0.3 is 0 Å². The molecule has 2 nitrogen and oxygen atoms in total. The molecule has 0 aromatic rings. The molecule has 1 fully saturated rings. The van der Waals surface area contributed by atoms with Crippen LogP contribution in [0.25, 0.3) is 0 Å². The van der Waals surface area contributed by atoms with Crippen LogP contribution in [0.1, 0.15) is 81.6 Å². The maximum Gasteiger partial charge on any atom is 0.0545 e. The van der Waals surface area contributed by atoms with Crippen molar-refractivity contribution in [1.29, 1.82) is 0 Å². The lowest BCUT2D eigenvalue weighted by Crippen LogP contribution is -2.35. The van der Waals surface area contributed by atoms with Crippen LogP contribution < -0.4 is 0 Å². The van der Waals surface area contributed by atoms with Gasteiger partial charge in [-0.15, -0.1) is 0 Å². The summed E-state index contributed by atoms with van der Waals surface area (Å²) in [4.78, 5) is 10.1. The summed E-state index contributed by atoms with van der Waals surface area (Å²) < 4.78 is 0. The minimum absolute atomic E-state index is 0.178. The van der Waals surface area contributed by atoms with Crippen LogP contribution in [0.2, 0.25) is 0 Å². The standard InChI is InChI=1S/C19H36N2/c1-13-16(20-14(2)18(4,5)6)11-10-12-17(13)21-15(3)19(7,8)9/h13,16-17H,10-12H2,1-9H3. The first-order valence-electron chi connectivity index (χ1n) is 8.52. The van der Waals surface area contributed by atoms with Crippen molar-refractivity contribution in [2.45, 2.75) is 93.7 Å². The van der Waals surface area contributed by atoms with Crippen molar-refractivity contribution in [2.24, 2.45) is 26.7 Å². The first-order chi connectivity index (χ1) is 9.43. The summed E-state index contributed by atoms with van der Waals surface area (Å²) >= 11 is 0. The average Bonchev–Trinajstić information content (AvgIpc) is 2.31. The Morgan fingerprint density at radius 3 is 1.38 bits per heavy atom. The molecule has 2 atom stereocenters. The van der Waals surface area contributed by atoms with Gasteiger partial charge >= 0.3 is 0 Å². The van der Waals surface area contributed by atoms with Crippen molar-refractivity contribution in [2.75, 3.05) is 0 Å². The first kappa shape index (κ1) is 18.4. The van der Waals surface area contributed by atoms with E-state index in [1.807, 2.05) is 0 Å². The highest BCUT2D eigenvalue weighted by Crippen LogP contribution is 2.32. The van der Waals surface area contributed by atoms with E-state index in [9.17, 15) is 0 Å². The Morgan fingerprint density at radius 1 is 0.762 bits per heavy atom. The zero-order valence-electron chi connectivity index (χ0n) is 15.7. The second kappa shape index (κ2) is 6.62. The fraction of sp³-hybridized carbons (Fsp3) is 0.895. The third-order valence-corrected chi connectivity index (χ3v) is 5.10. The molecular weight excluding hydrogens is 256 g/mol. The summed E-state index contributed by atoms with van der Waals surface area (Å²) in [5, 5.41) is 0. The predicted octanol–water partition coefficient (Wildman–Crippen LogP) is 5.56. The Balaban J connectivity index is 2.90. The number of hydrogen-bond donors (Lipinski definition) is 0. The molecule has 0 aromatic heterocycles. The van der Waals surface area contributed by atoms with Crippen LogP contribution in [-0.4, -0.2) is 23.5 Å². The molecule has 0 amide bonds. The Morgan fingerprint density at radius 2 is 1.10 bits per heavy atom. The summed E-state index contributed by atoms with van der Waals surface area (Å²) in [7, 11) is 0. The lowest BCUT2D eigenvalue weighted by Gasteiger charge is -2.34. The van der Waals surface area contributed by atoms with Gasteiger partial charge in [0.1, 0.15) is 0 Å². The molecule has 1 aliphatic carbocycles. The minimum Gasteiger partial charge on any atom is -0.290 e. The fourth-order valence-corrected chi connectivity index (χ4v) is 2.57. The van der Waals surface area contributed by atoms with Crippen molar-refractivity contribution >= 4 is 11.4 Å². The molecule has 0 aromatic carbocycles. The molecular formula is C19H36N2. The SMILES string of the molecule is CC(=NC1CCCC(N=C(C)C(C)(C)C)C1C)C(C)(C)C. The smallest absolute Gasteiger partial charge is 0.0545 e. The second-order valence-corrected chi connectivity index (χ2v) is 8.85. The zero-order valence-corrected chi connectivity index (χ0v) is 15.7. The van der Waals surface area contributed by atoms with Crippen LogP contribution in [0.5, 0.6) is 0 Å². The van der Waals surface area contributed by atoms with E-state index < -0.39 is 0 Å². The highest BCUT2D eigenvalue weighted by molar-refractivity contribution is 5.87. The van der Waals surface area contributed by atoms with Crippen LogP contribution in [0.3, 0.4) is 0 Å². The summed E-state index contributed by atoms with van der Waals surface area (Å²) in [5.41, 5.74) is 2.90. The van der Waals surface area contributed by atoms with Gasteiger partial charge in [-0.25, -0.2) is 0 Å². The van der Waals surface area contributed by atoms with Crippen LogP contribution in [-0.2, 0) is 0 Å². The molecule has 122 valence electrons. The Bertz CT molecular complexity index is 366.